The van der Waals surface area contributed by atoms with E-state index in [1.165, 1.54) is 19.2 Å². The molecule has 0 aromatic heterocycles. The first-order valence-corrected chi connectivity index (χ1v) is 10.7. The predicted octanol–water partition coefficient (Wildman–Crippen LogP) is 3.98. The number of nitrogens with zero attached hydrogens (tertiary/aromatic N) is 1. The molecule has 0 aliphatic carbocycles. The van der Waals surface area contributed by atoms with Gasteiger partial charge in [-0.15, -0.1) is 0 Å². The molecule has 0 saturated heterocycles. The van der Waals surface area contributed by atoms with E-state index >= 15 is 0 Å². The molecule has 2 atom stereocenters. The van der Waals surface area contributed by atoms with Crippen molar-refractivity contribution in [2.75, 3.05) is 7.11 Å². The lowest BCUT2D eigenvalue weighted by molar-refractivity contribution is -0.152. The largest absolute Gasteiger partial charge is 0.476 e. The molecule has 0 saturated carbocycles. The molecule has 1 aliphatic rings. The maximum atomic E-state index is 13.0. The summed E-state index contributed by atoms with van der Waals surface area (Å²) in [4.78, 5) is 14.8. The van der Waals surface area contributed by atoms with Gasteiger partial charge in [-0.25, -0.2) is 0 Å². The summed E-state index contributed by atoms with van der Waals surface area (Å²) in [5, 5.41) is 30.5. The van der Waals surface area contributed by atoms with E-state index in [1.807, 2.05) is 65.6 Å². The quantitative estimate of drug-likeness (QED) is 0.431. The minimum absolute atomic E-state index is 0.0909. The second-order valence-corrected chi connectivity index (χ2v) is 7.81. The molecule has 1 heterocycles. The normalized spacial score (nSPS) is 14.6. The molecule has 3 aromatic carbocycles. The summed E-state index contributed by atoms with van der Waals surface area (Å²) in [6, 6.07) is 22.7. The molecule has 8 nitrogen and oxygen atoms in total. The van der Waals surface area contributed by atoms with Crippen molar-refractivity contribution in [3.05, 3.63) is 107 Å². The fraction of sp³-hybridized carbons (Fsp3) is 0.192. The van der Waals surface area contributed by atoms with Gasteiger partial charge in [-0.05, 0) is 28.8 Å². The average molecular weight is 463 g/mol. The summed E-state index contributed by atoms with van der Waals surface area (Å²) in [6.07, 6.45) is -1.30. The molecule has 1 aliphatic heterocycles. The van der Waals surface area contributed by atoms with Gasteiger partial charge in [-0.1, -0.05) is 66.7 Å². The lowest BCUT2D eigenvalue weighted by Crippen LogP contribution is -2.45. The molecule has 8 heteroatoms. The van der Waals surface area contributed by atoms with E-state index in [4.69, 9.17) is 14.2 Å². The van der Waals surface area contributed by atoms with Crippen molar-refractivity contribution in [2.24, 2.45) is 0 Å². The fourth-order valence-electron chi connectivity index (χ4n) is 3.84. The van der Waals surface area contributed by atoms with Crippen LogP contribution in [0.3, 0.4) is 0 Å². The molecule has 4 rings (SSSR count). The molecule has 3 N–H and O–H groups in total. The number of ether oxygens (including phenoxy) is 3. The Morgan fingerprint density at radius 2 is 1.38 bits per heavy atom. The monoisotopic (exact) mass is 463 g/mol. The summed E-state index contributed by atoms with van der Waals surface area (Å²) in [5.74, 6) is -1.90. The Kier molecular flexibility index (Phi) is 7.01. The lowest BCUT2D eigenvalue weighted by atomic mass is 9.98. The Morgan fingerprint density at radius 3 is 1.91 bits per heavy atom. The first-order chi connectivity index (χ1) is 16.5. The van der Waals surface area contributed by atoms with Gasteiger partial charge in [0, 0.05) is 13.1 Å². The van der Waals surface area contributed by atoms with E-state index in [1.54, 1.807) is 6.07 Å². The number of carbonyl (C=O) groups excluding carboxylic acids is 1. The molecule has 34 heavy (non-hydrogen) atoms. The van der Waals surface area contributed by atoms with Crippen molar-refractivity contribution < 1.29 is 34.3 Å². The molecule has 0 unspecified atom stereocenters. The van der Waals surface area contributed by atoms with E-state index in [0.717, 1.165) is 11.1 Å². The van der Waals surface area contributed by atoms with Crippen LogP contribution in [0.5, 0.6) is 11.5 Å². The molecule has 176 valence electrons. The lowest BCUT2D eigenvalue weighted by Gasteiger charge is -2.33. The highest BCUT2D eigenvalue weighted by Crippen LogP contribution is 2.37. The third-order valence-electron chi connectivity index (χ3n) is 5.50. The SMILES string of the molecule is COC(=O)[C@H]([C@H](O)c1ccc2c(c1)OC(O)=C(O)O2)N(Cc1ccccc1)Cc1ccccc1. The van der Waals surface area contributed by atoms with Gasteiger partial charge in [-0.2, -0.15) is 0 Å². The summed E-state index contributed by atoms with van der Waals surface area (Å²) >= 11 is 0. The van der Waals surface area contributed by atoms with Gasteiger partial charge in [0.2, 0.25) is 0 Å². The minimum atomic E-state index is -1.30. The summed E-state index contributed by atoms with van der Waals surface area (Å²) in [7, 11) is 1.28. The fourth-order valence-corrected chi connectivity index (χ4v) is 3.84. The van der Waals surface area contributed by atoms with E-state index < -0.39 is 30.0 Å². The molecule has 3 aromatic rings. The first kappa shape index (κ1) is 23.2. The second kappa shape index (κ2) is 10.3. The van der Waals surface area contributed by atoms with Crippen molar-refractivity contribution >= 4 is 5.97 Å². The molecule has 0 amide bonds. The number of methoxy groups -OCH3 is 1. The topological polar surface area (TPSA) is 109 Å². The summed E-state index contributed by atoms with van der Waals surface area (Å²) < 4.78 is 15.3. The van der Waals surface area contributed by atoms with E-state index in [2.05, 4.69) is 0 Å². The number of esters is 1. The standard InChI is InChI=1S/C26H25NO7/c1-32-24(29)22(23(28)19-12-13-20-21(14-19)34-26(31)25(30)33-20)27(15-17-8-4-2-5-9-17)16-18-10-6-3-7-11-18/h2-14,22-23,28,30-31H,15-16H2,1H3/t22-,23+/m0/s1. The van der Waals surface area contributed by atoms with Gasteiger partial charge in [0.15, 0.2) is 11.5 Å². The van der Waals surface area contributed by atoms with E-state index in [9.17, 15) is 20.1 Å². The van der Waals surface area contributed by atoms with Crippen LogP contribution >= 0.6 is 0 Å². The number of aliphatic hydroxyl groups excluding tert-OH is 3. The molecular formula is C26H25NO7. The highest BCUT2D eigenvalue weighted by Gasteiger charge is 2.36. The third kappa shape index (κ3) is 5.14. The summed E-state index contributed by atoms with van der Waals surface area (Å²) in [5.41, 5.74) is 2.28. The Bertz CT molecular complexity index is 1120. The molecule has 0 radical (unpaired) electrons. The van der Waals surface area contributed by atoms with Crippen molar-refractivity contribution in [3.8, 4) is 11.5 Å². The first-order valence-electron chi connectivity index (χ1n) is 10.7. The second-order valence-electron chi connectivity index (χ2n) is 7.81. The van der Waals surface area contributed by atoms with Gasteiger partial charge in [0.05, 0.1) is 7.11 Å². The van der Waals surface area contributed by atoms with Crippen molar-refractivity contribution in [2.45, 2.75) is 25.2 Å². The minimum Gasteiger partial charge on any atom is -0.476 e. The third-order valence-corrected chi connectivity index (χ3v) is 5.50. The maximum Gasteiger partial charge on any atom is 0.367 e. The Balaban J connectivity index is 1.69. The molecular weight excluding hydrogens is 438 g/mol. The van der Waals surface area contributed by atoms with Crippen LogP contribution in [-0.2, 0) is 22.6 Å². The van der Waals surface area contributed by atoms with Gasteiger partial charge < -0.3 is 29.5 Å². The van der Waals surface area contributed by atoms with Gasteiger partial charge in [-0.3, -0.25) is 9.69 Å². The highest BCUT2D eigenvalue weighted by atomic mass is 16.7. The van der Waals surface area contributed by atoms with Crippen LogP contribution in [0.15, 0.2) is 90.8 Å². The predicted molar refractivity (Wildman–Crippen MR) is 123 cm³/mol. The molecule has 0 bridgehead atoms. The van der Waals surface area contributed by atoms with Crippen LogP contribution in [0.1, 0.15) is 22.8 Å². The molecule has 0 fully saturated rings. The van der Waals surface area contributed by atoms with Gasteiger partial charge in [0.25, 0.3) is 0 Å². The summed E-state index contributed by atoms with van der Waals surface area (Å²) in [6.45, 7) is 0.767. The zero-order chi connectivity index (χ0) is 24.1. The van der Waals surface area contributed by atoms with Crippen LogP contribution in [0.4, 0.5) is 0 Å². The number of aliphatic hydroxyl groups is 3. The number of hydrogen-bond donors (Lipinski definition) is 3. The number of fused-ring (bicyclic) bond motifs is 1. The smallest absolute Gasteiger partial charge is 0.367 e. The van der Waals surface area contributed by atoms with E-state index in [-0.39, 0.29) is 11.5 Å². The maximum absolute atomic E-state index is 13.0. The number of hydrogen-bond acceptors (Lipinski definition) is 8. The van der Waals surface area contributed by atoms with Gasteiger partial charge in [0.1, 0.15) is 12.1 Å². The number of rotatable bonds is 8. The van der Waals surface area contributed by atoms with Crippen molar-refractivity contribution in [1.82, 2.24) is 4.90 Å². The Labute approximate surface area is 196 Å². The molecule has 0 spiro atoms. The van der Waals surface area contributed by atoms with Crippen molar-refractivity contribution in [3.63, 3.8) is 0 Å². The van der Waals surface area contributed by atoms with Crippen LogP contribution in [0, 0.1) is 0 Å². The number of carbonyl (C=O) groups is 1. The zero-order valence-corrected chi connectivity index (χ0v) is 18.5. The average Bonchev–Trinajstić information content (AvgIpc) is 2.85. The van der Waals surface area contributed by atoms with Crippen LogP contribution < -0.4 is 9.47 Å². The van der Waals surface area contributed by atoms with Crippen LogP contribution in [0.25, 0.3) is 0 Å². The van der Waals surface area contributed by atoms with Crippen LogP contribution in [-0.4, -0.2) is 39.3 Å². The Morgan fingerprint density at radius 1 is 0.853 bits per heavy atom. The highest BCUT2D eigenvalue weighted by molar-refractivity contribution is 5.77. The zero-order valence-electron chi connectivity index (χ0n) is 18.5. The van der Waals surface area contributed by atoms with Crippen LogP contribution in [0.2, 0.25) is 0 Å². The van der Waals surface area contributed by atoms with Crippen molar-refractivity contribution in [1.29, 1.82) is 0 Å². The van der Waals surface area contributed by atoms with E-state index in [0.29, 0.717) is 18.7 Å². The number of benzene rings is 3. The van der Waals surface area contributed by atoms with Gasteiger partial charge >= 0.3 is 17.9 Å². The Hall–Kier alpha value is -4.01.